The molecule has 0 aromatic carbocycles. The van der Waals surface area contributed by atoms with Crippen LogP contribution in [0.2, 0.25) is 0 Å². The smallest absolute Gasteiger partial charge is 0.270 e. The number of carbonyl (C=O) groups excluding carboxylic acids is 1. The van der Waals surface area contributed by atoms with Crippen molar-refractivity contribution in [2.45, 2.75) is 11.9 Å². The maximum Gasteiger partial charge on any atom is 0.270 e. The summed E-state index contributed by atoms with van der Waals surface area (Å²) in [6.07, 6.45) is 3.00. The van der Waals surface area contributed by atoms with E-state index in [0.29, 0.717) is 5.03 Å². The maximum absolute atomic E-state index is 10.8. The first-order chi connectivity index (χ1) is 5.75. The van der Waals surface area contributed by atoms with Gasteiger partial charge in [0.1, 0.15) is 5.03 Å². The number of rotatable bonds is 3. The van der Waals surface area contributed by atoms with Crippen molar-refractivity contribution < 1.29 is 4.79 Å². The number of aromatic nitrogens is 2. The van der Waals surface area contributed by atoms with E-state index in [1.807, 2.05) is 6.92 Å². The van der Waals surface area contributed by atoms with Crippen molar-refractivity contribution in [3.63, 3.8) is 0 Å². The van der Waals surface area contributed by atoms with Gasteiger partial charge in [-0.2, -0.15) is 0 Å². The largest absolute Gasteiger partial charge is 0.364 e. The molecule has 0 unspecified atom stereocenters. The molecule has 64 valence electrons. The summed E-state index contributed by atoms with van der Waals surface area (Å²) in [5.41, 5.74) is 5.34. The van der Waals surface area contributed by atoms with Crippen LogP contribution in [-0.4, -0.2) is 21.6 Å². The van der Waals surface area contributed by atoms with Gasteiger partial charge in [0.15, 0.2) is 5.69 Å². The van der Waals surface area contributed by atoms with E-state index in [4.69, 9.17) is 5.73 Å². The summed E-state index contributed by atoms with van der Waals surface area (Å²) >= 11 is 1.46. The fraction of sp³-hybridized carbons (Fsp3) is 0.286. The highest BCUT2D eigenvalue weighted by molar-refractivity contribution is 7.99. The lowest BCUT2D eigenvalue weighted by molar-refractivity contribution is 0.0991. The van der Waals surface area contributed by atoms with Crippen LogP contribution in [0.3, 0.4) is 0 Å². The fourth-order valence-corrected chi connectivity index (χ4v) is 1.44. The van der Waals surface area contributed by atoms with Crippen LogP contribution in [-0.2, 0) is 0 Å². The number of nitrogens with two attached hydrogens (primary N) is 1. The van der Waals surface area contributed by atoms with Gasteiger partial charge >= 0.3 is 0 Å². The van der Waals surface area contributed by atoms with E-state index in [9.17, 15) is 4.79 Å². The molecule has 0 saturated carbocycles. The first-order valence-electron chi connectivity index (χ1n) is 3.49. The highest BCUT2D eigenvalue weighted by Gasteiger charge is 2.09. The van der Waals surface area contributed by atoms with Gasteiger partial charge in [-0.1, -0.05) is 6.92 Å². The number of hydrogen-bond donors (Lipinski definition) is 1. The summed E-state index contributed by atoms with van der Waals surface area (Å²) in [7, 11) is 0. The van der Waals surface area contributed by atoms with Crippen molar-refractivity contribution >= 4 is 17.7 Å². The number of thioether (sulfide) groups is 1. The van der Waals surface area contributed by atoms with Crippen LogP contribution in [0.1, 0.15) is 17.4 Å². The number of amides is 1. The van der Waals surface area contributed by atoms with E-state index in [2.05, 4.69) is 9.97 Å². The van der Waals surface area contributed by atoms with Crippen LogP contribution in [0.5, 0.6) is 0 Å². The van der Waals surface area contributed by atoms with Gasteiger partial charge in [-0.15, -0.1) is 11.8 Å². The standard InChI is InChI=1S/C7H9N3OS/c1-2-12-7-5(6(8)11)9-3-4-10-7/h3-4H,2H2,1H3,(H2,8,11). The first kappa shape index (κ1) is 8.99. The molecular weight excluding hydrogens is 174 g/mol. The van der Waals surface area contributed by atoms with Crippen LogP contribution < -0.4 is 5.73 Å². The topological polar surface area (TPSA) is 68.9 Å². The average molecular weight is 183 g/mol. The molecule has 0 aliphatic rings. The number of nitrogens with zero attached hydrogens (tertiary/aromatic N) is 2. The molecule has 0 radical (unpaired) electrons. The van der Waals surface area contributed by atoms with Gasteiger partial charge in [0.2, 0.25) is 0 Å². The lowest BCUT2D eigenvalue weighted by Gasteiger charge is -2.00. The second kappa shape index (κ2) is 4.06. The van der Waals surface area contributed by atoms with Crippen molar-refractivity contribution in [3.8, 4) is 0 Å². The van der Waals surface area contributed by atoms with Crippen molar-refractivity contribution in [2.75, 3.05) is 5.75 Å². The van der Waals surface area contributed by atoms with Crippen LogP contribution in [0.25, 0.3) is 0 Å². The van der Waals surface area contributed by atoms with E-state index < -0.39 is 5.91 Å². The van der Waals surface area contributed by atoms with Gasteiger partial charge in [0.05, 0.1) is 0 Å². The molecule has 1 heterocycles. The lowest BCUT2D eigenvalue weighted by Crippen LogP contribution is -2.14. The Morgan fingerprint density at radius 3 is 2.83 bits per heavy atom. The van der Waals surface area contributed by atoms with Crippen molar-refractivity contribution in [1.82, 2.24) is 9.97 Å². The van der Waals surface area contributed by atoms with Gasteiger partial charge in [0, 0.05) is 12.4 Å². The molecule has 12 heavy (non-hydrogen) atoms. The normalized spacial score (nSPS) is 9.75. The Labute approximate surface area is 74.6 Å². The van der Waals surface area contributed by atoms with Crippen LogP contribution in [0, 0.1) is 0 Å². The van der Waals surface area contributed by atoms with Gasteiger partial charge < -0.3 is 5.73 Å². The molecule has 0 spiro atoms. The molecule has 0 atom stereocenters. The Bertz CT molecular complexity index is 290. The lowest BCUT2D eigenvalue weighted by atomic mass is 10.4. The minimum Gasteiger partial charge on any atom is -0.364 e. The molecule has 1 rings (SSSR count). The highest BCUT2D eigenvalue weighted by atomic mass is 32.2. The second-order valence-corrected chi connectivity index (χ2v) is 3.26. The molecule has 0 fully saturated rings. The minimum atomic E-state index is -0.529. The molecule has 2 N–H and O–H groups in total. The minimum absolute atomic E-state index is 0.254. The predicted molar refractivity (Wildman–Crippen MR) is 46.9 cm³/mol. The van der Waals surface area contributed by atoms with Crippen LogP contribution in [0.15, 0.2) is 17.4 Å². The Morgan fingerprint density at radius 2 is 2.25 bits per heavy atom. The summed E-state index contributed by atoms with van der Waals surface area (Å²) < 4.78 is 0. The molecule has 0 aliphatic carbocycles. The molecular formula is C7H9N3OS. The second-order valence-electron chi connectivity index (χ2n) is 2.01. The van der Waals surface area contributed by atoms with Crippen molar-refractivity contribution in [2.24, 2.45) is 5.73 Å². The number of carbonyl (C=O) groups is 1. The zero-order valence-corrected chi connectivity index (χ0v) is 7.47. The Morgan fingerprint density at radius 1 is 1.58 bits per heavy atom. The fourth-order valence-electron chi connectivity index (χ4n) is 0.737. The SMILES string of the molecule is CCSc1nccnc1C(N)=O. The van der Waals surface area contributed by atoms with E-state index in [0.717, 1.165) is 5.75 Å². The molecule has 0 bridgehead atoms. The monoisotopic (exact) mass is 183 g/mol. The Kier molecular flexibility index (Phi) is 3.04. The maximum atomic E-state index is 10.8. The zero-order valence-electron chi connectivity index (χ0n) is 6.65. The van der Waals surface area contributed by atoms with E-state index in [1.54, 1.807) is 6.20 Å². The first-order valence-corrected chi connectivity index (χ1v) is 4.48. The predicted octanol–water partition coefficient (Wildman–Crippen LogP) is 0.688. The number of hydrogen-bond acceptors (Lipinski definition) is 4. The van der Waals surface area contributed by atoms with Crippen LogP contribution in [0.4, 0.5) is 0 Å². The van der Waals surface area contributed by atoms with E-state index in [1.165, 1.54) is 18.0 Å². The van der Waals surface area contributed by atoms with Gasteiger partial charge in [0.25, 0.3) is 5.91 Å². The van der Waals surface area contributed by atoms with E-state index in [-0.39, 0.29) is 5.69 Å². The summed E-state index contributed by atoms with van der Waals surface area (Å²) in [6.45, 7) is 1.98. The summed E-state index contributed by atoms with van der Waals surface area (Å²) in [6, 6.07) is 0. The van der Waals surface area contributed by atoms with Crippen LogP contribution >= 0.6 is 11.8 Å². The Hall–Kier alpha value is -1.10. The average Bonchev–Trinajstić information content (AvgIpc) is 2.05. The third kappa shape index (κ3) is 1.94. The molecule has 1 aromatic rings. The zero-order chi connectivity index (χ0) is 8.97. The van der Waals surface area contributed by atoms with Crippen molar-refractivity contribution in [3.05, 3.63) is 18.1 Å². The third-order valence-corrected chi connectivity index (χ3v) is 2.04. The molecule has 1 aromatic heterocycles. The molecule has 1 amide bonds. The summed E-state index contributed by atoms with van der Waals surface area (Å²) in [5.74, 6) is 0.318. The summed E-state index contributed by atoms with van der Waals surface area (Å²) in [5, 5.41) is 0.604. The molecule has 0 saturated heterocycles. The van der Waals surface area contributed by atoms with Gasteiger partial charge in [-0.3, -0.25) is 4.79 Å². The Balaban J connectivity index is 3.00. The number of primary amides is 1. The highest BCUT2D eigenvalue weighted by Crippen LogP contribution is 2.16. The molecule has 4 nitrogen and oxygen atoms in total. The summed E-state index contributed by atoms with van der Waals surface area (Å²) in [4.78, 5) is 18.6. The molecule has 0 aliphatic heterocycles. The van der Waals surface area contributed by atoms with Gasteiger partial charge in [-0.25, -0.2) is 9.97 Å². The third-order valence-electron chi connectivity index (χ3n) is 1.18. The molecule has 5 heteroatoms. The van der Waals surface area contributed by atoms with E-state index >= 15 is 0 Å². The quantitative estimate of drug-likeness (QED) is 0.700. The van der Waals surface area contributed by atoms with Crippen molar-refractivity contribution in [1.29, 1.82) is 0 Å². The van der Waals surface area contributed by atoms with Gasteiger partial charge in [-0.05, 0) is 5.75 Å².